The van der Waals surface area contributed by atoms with Gasteiger partial charge in [-0.25, -0.2) is 0 Å². The molecule has 0 radical (unpaired) electrons. The average molecular weight is 922 g/mol. The molecule has 0 aliphatic carbocycles. The number of hydrogen-bond donors (Lipinski definition) is 0. The van der Waals surface area contributed by atoms with Gasteiger partial charge < -0.3 is 24.0 Å². The first kappa shape index (κ1) is 63.8. The molecular formula is C58H116N2O5. The smallest absolute Gasteiger partial charge is 0.305 e. The van der Waals surface area contributed by atoms with Crippen LogP contribution in [0.2, 0.25) is 0 Å². The number of hydrogen-bond acceptors (Lipinski definition) is 6. The number of ether oxygens (including phenoxy) is 3. The van der Waals surface area contributed by atoms with Gasteiger partial charge in [-0.2, -0.15) is 0 Å². The Morgan fingerprint density at radius 2 is 0.815 bits per heavy atom. The van der Waals surface area contributed by atoms with E-state index in [0.717, 1.165) is 71.2 Å². The molecule has 0 rings (SSSR count). The Kier molecular flexibility index (Phi) is 49.8. The van der Waals surface area contributed by atoms with Gasteiger partial charge in [-0.15, -0.1) is 0 Å². The second kappa shape index (κ2) is 50.7. The molecule has 0 aromatic heterocycles. The van der Waals surface area contributed by atoms with Crippen molar-refractivity contribution in [3.05, 3.63) is 0 Å². The predicted octanol–water partition coefficient (Wildman–Crippen LogP) is 17.2. The van der Waals surface area contributed by atoms with Crippen LogP contribution in [0.1, 0.15) is 291 Å². The maximum absolute atomic E-state index is 13.9. The number of amides is 1. The van der Waals surface area contributed by atoms with Gasteiger partial charge in [0.05, 0.1) is 13.2 Å². The quantitative estimate of drug-likeness (QED) is 0.0344. The summed E-state index contributed by atoms with van der Waals surface area (Å²) in [7, 11) is 4.29. The summed E-state index contributed by atoms with van der Waals surface area (Å²) in [5.41, 5.74) is 0. The molecule has 388 valence electrons. The molecule has 0 aliphatic heterocycles. The highest BCUT2D eigenvalue weighted by molar-refractivity contribution is 5.76. The molecule has 1 amide bonds. The fraction of sp³-hybridized carbons (Fsp3) is 0.966. The molecule has 3 unspecified atom stereocenters. The number of carbonyl (C=O) groups excluding carboxylic acids is 2. The van der Waals surface area contributed by atoms with Gasteiger partial charge in [-0.05, 0) is 96.7 Å². The van der Waals surface area contributed by atoms with Crippen molar-refractivity contribution in [1.29, 1.82) is 0 Å². The fourth-order valence-corrected chi connectivity index (χ4v) is 9.49. The maximum atomic E-state index is 13.9. The molecule has 0 saturated carbocycles. The number of esters is 1. The van der Waals surface area contributed by atoms with E-state index in [1.807, 2.05) is 0 Å². The van der Waals surface area contributed by atoms with Crippen LogP contribution in [0.5, 0.6) is 0 Å². The van der Waals surface area contributed by atoms with Gasteiger partial charge in [0, 0.05) is 32.0 Å². The van der Waals surface area contributed by atoms with Crippen molar-refractivity contribution < 1.29 is 23.8 Å². The Morgan fingerprint density at radius 1 is 0.400 bits per heavy atom. The number of nitrogens with zero attached hydrogens (tertiary/aromatic N) is 2. The summed E-state index contributed by atoms with van der Waals surface area (Å²) in [4.78, 5) is 31.1. The van der Waals surface area contributed by atoms with Crippen LogP contribution in [0.15, 0.2) is 0 Å². The lowest BCUT2D eigenvalue weighted by atomic mass is 9.96. The van der Waals surface area contributed by atoms with E-state index in [1.165, 1.54) is 199 Å². The molecular weight excluding hydrogens is 805 g/mol. The highest BCUT2D eigenvalue weighted by Crippen LogP contribution is 2.23. The normalized spacial score (nSPS) is 13.1. The van der Waals surface area contributed by atoms with Crippen LogP contribution in [0.25, 0.3) is 0 Å². The van der Waals surface area contributed by atoms with E-state index in [0.29, 0.717) is 50.0 Å². The lowest BCUT2D eigenvalue weighted by Gasteiger charge is -2.33. The van der Waals surface area contributed by atoms with Crippen molar-refractivity contribution in [3.8, 4) is 0 Å². The first-order valence-corrected chi connectivity index (χ1v) is 29.1. The van der Waals surface area contributed by atoms with Crippen LogP contribution >= 0.6 is 0 Å². The molecule has 0 spiro atoms. The van der Waals surface area contributed by atoms with Crippen LogP contribution in [-0.2, 0) is 23.8 Å². The highest BCUT2D eigenvalue weighted by atomic mass is 16.7. The van der Waals surface area contributed by atoms with Crippen molar-refractivity contribution >= 4 is 11.9 Å². The Morgan fingerprint density at radius 3 is 1.34 bits per heavy atom. The largest absolute Gasteiger partial charge is 0.465 e. The van der Waals surface area contributed by atoms with E-state index in [1.54, 1.807) is 0 Å². The summed E-state index contributed by atoms with van der Waals surface area (Å²) in [6.07, 6.45) is 47.9. The number of unbranched alkanes of at least 4 members (excludes halogenated alkanes) is 24. The van der Waals surface area contributed by atoms with Crippen molar-refractivity contribution in [1.82, 2.24) is 9.80 Å². The first-order valence-electron chi connectivity index (χ1n) is 29.1. The number of rotatable bonds is 53. The summed E-state index contributed by atoms with van der Waals surface area (Å²) in [5.74, 6) is 1.62. The van der Waals surface area contributed by atoms with Crippen LogP contribution in [0.3, 0.4) is 0 Å². The zero-order chi connectivity index (χ0) is 47.7. The van der Waals surface area contributed by atoms with Gasteiger partial charge in [-0.1, -0.05) is 214 Å². The molecule has 0 fully saturated rings. The maximum Gasteiger partial charge on any atom is 0.305 e. The first-order chi connectivity index (χ1) is 31.8. The Hall–Kier alpha value is -1.18. The molecule has 0 N–H and O–H groups in total. The molecule has 0 saturated heterocycles. The fourth-order valence-electron chi connectivity index (χ4n) is 9.49. The van der Waals surface area contributed by atoms with E-state index in [2.05, 4.69) is 58.5 Å². The number of carbonyl (C=O) groups is 2. The van der Waals surface area contributed by atoms with Crippen molar-refractivity contribution in [3.63, 3.8) is 0 Å². The topological polar surface area (TPSA) is 68.3 Å². The Balaban J connectivity index is 4.81. The monoisotopic (exact) mass is 921 g/mol. The summed E-state index contributed by atoms with van der Waals surface area (Å²) in [6, 6.07) is 0.356. The molecule has 7 nitrogen and oxygen atoms in total. The molecule has 3 atom stereocenters. The molecule has 7 heteroatoms. The van der Waals surface area contributed by atoms with E-state index in [9.17, 15) is 9.59 Å². The summed E-state index contributed by atoms with van der Waals surface area (Å²) >= 11 is 0. The third kappa shape index (κ3) is 43.8. The van der Waals surface area contributed by atoms with Crippen molar-refractivity contribution in [2.24, 2.45) is 11.8 Å². The van der Waals surface area contributed by atoms with E-state index in [4.69, 9.17) is 14.2 Å². The average Bonchev–Trinajstić information content (AvgIpc) is 3.30. The van der Waals surface area contributed by atoms with Gasteiger partial charge in [-0.3, -0.25) is 9.59 Å². The standard InChI is InChI=1S/C58H116N2O5/c1-8-13-18-21-29-36-46-57(61)60(49-39-48-59(6)7)56(45-35-28-24-25-30-37-47-58(62)65-52-55(41-17-12-5)43-33-20-15-10-3)44-34-27-23-22-26-31-38-50-63-53-64-51-54(40-16-11-4)42-32-19-14-9-2/h54-56H,8-53H2,1-7H3. The summed E-state index contributed by atoms with van der Waals surface area (Å²) in [5, 5.41) is 0. The van der Waals surface area contributed by atoms with Gasteiger partial charge in [0.2, 0.25) is 5.91 Å². The van der Waals surface area contributed by atoms with E-state index < -0.39 is 0 Å². The lowest BCUT2D eigenvalue weighted by Crippen LogP contribution is -2.41. The van der Waals surface area contributed by atoms with Crippen molar-refractivity contribution in [2.45, 2.75) is 297 Å². The van der Waals surface area contributed by atoms with E-state index in [-0.39, 0.29) is 5.97 Å². The lowest BCUT2D eigenvalue weighted by molar-refractivity contribution is -0.145. The van der Waals surface area contributed by atoms with Crippen LogP contribution in [0.4, 0.5) is 0 Å². The highest BCUT2D eigenvalue weighted by Gasteiger charge is 2.23. The zero-order valence-electron chi connectivity index (χ0n) is 45.2. The molecule has 0 aromatic rings. The zero-order valence-corrected chi connectivity index (χ0v) is 45.2. The second-order valence-corrected chi connectivity index (χ2v) is 20.6. The Bertz CT molecular complexity index is 978. The second-order valence-electron chi connectivity index (χ2n) is 20.6. The van der Waals surface area contributed by atoms with Crippen molar-refractivity contribution in [2.75, 3.05) is 53.8 Å². The van der Waals surface area contributed by atoms with Crippen LogP contribution in [0, 0.1) is 11.8 Å². The SMILES string of the molecule is CCCCCCCCC(=O)N(CCCN(C)C)C(CCCCCCCCCOCOCC(CCCC)CCCCCC)CCCCCCCCC(=O)OCC(CCCC)CCCCCC. The van der Waals surface area contributed by atoms with Crippen LogP contribution < -0.4 is 0 Å². The van der Waals surface area contributed by atoms with Gasteiger partial charge >= 0.3 is 5.97 Å². The van der Waals surface area contributed by atoms with E-state index >= 15 is 0 Å². The van der Waals surface area contributed by atoms with Gasteiger partial charge in [0.25, 0.3) is 0 Å². The third-order valence-electron chi connectivity index (χ3n) is 13.9. The molecule has 65 heavy (non-hydrogen) atoms. The predicted molar refractivity (Wildman–Crippen MR) is 282 cm³/mol. The Labute approximate surface area is 407 Å². The molecule has 0 bridgehead atoms. The third-order valence-corrected chi connectivity index (χ3v) is 13.9. The van der Waals surface area contributed by atoms with Gasteiger partial charge in [0.15, 0.2) is 0 Å². The molecule has 0 aromatic carbocycles. The minimum atomic E-state index is 0.00302. The molecule has 0 aliphatic rings. The minimum Gasteiger partial charge on any atom is -0.465 e. The molecule has 0 heterocycles. The summed E-state index contributed by atoms with van der Waals surface area (Å²) < 4.78 is 17.6. The van der Waals surface area contributed by atoms with Crippen LogP contribution in [-0.4, -0.2) is 81.5 Å². The minimum absolute atomic E-state index is 0.00302. The summed E-state index contributed by atoms with van der Waals surface area (Å²) in [6.45, 7) is 16.0. The van der Waals surface area contributed by atoms with Gasteiger partial charge in [0.1, 0.15) is 6.79 Å².